The van der Waals surface area contributed by atoms with E-state index in [2.05, 4.69) is 0 Å². The zero-order valence-corrected chi connectivity index (χ0v) is 13.3. The van der Waals surface area contributed by atoms with Gasteiger partial charge in [-0.05, 0) is 41.8 Å². The van der Waals surface area contributed by atoms with E-state index in [1.165, 1.54) is 18.2 Å². The highest BCUT2D eigenvalue weighted by atomic mass is 16.4. The lowest BCUT2D eigenvalue weighted by Crippen LogP contribution is -2.30. The van der Waals surface area contributed by atoms with Crippen LogP contribution < -0.4 is 5.73 Å². The zero-order valence-electron chi connectivity index (χ0n) is 13.3. The maximum absolute atomic E-state index is 11.8. The molecule has 0 heterocycles. The van der Waals surface area contributed by atoms with Crippen molar-refractivity contribution >= 4 is 11.9 Å². The van der Waals surface area contributed by atoms with Gasteiger partial charge in [-0.15, -0.1) is 0 Å². The van der Waals surface area contributed by atoms with Crippen molar-refractivity contribution in [1.29, 1.82) is 0 Å². The smallest absolute Gasteiger partial charge is 0.336 e. The fourth-order valence-corrected chi connectivity index (χ4v) is 3.19. The number of carboxylic acid groups (broad SMARTS) is 2. The third-order valence-corrected chi connectivity index (χ3v) is 4.49. The van der Waals surface area contributed by atoms with Gasteiger partial charge >= 0.3 is 11.9 Å². The summed E-state index contributed by atoms with van der Waals surface area (Å²) in [5, 5.41) is 19.0. The predicted molar refractivity (Wildman–Crippen MR) is 93.6 cm³/mol. The molecule has 5 nitrogen and oxygen atoms in total. The van der Waals surface area contributed by atoms with Crippen molar-refractivity contribution in [2.75, 3.05) is 0 Å². The summed E-state index contributed by atoms with van der Waals surface area (Å²) in [7, 11) is 0. The van der Waals surface area contributed by atoms with Crippen LogP contribution in [0.25, 0.3) is 0 Å². The molecule has 1 unspecified atom stereocenters. The summed E-state index contributed by atoms with van der Waals surface area (Å²) in [5.41, 5.74) is 7.09. The van der Waals surface area contributed by atoms with Gasteiger partial charge in [0.1, 0.15) is 0 Å². The van der Waals surface area contributed by atoms with Crippen molar-refractivity contribution in [2.45, 2.75) is 11.8 Å². The van der Waals surface area contributed by atoms with Crippen LogP contribution in [0.2, 0.25) is 0 Å². The molecule has 1 aliphatic carbocycles. The molecule has 0 radical (unpaired) electrons. The van der Waals surface area contributed by atoms with Gasteiger partial charge in [0.15, 0.2) is 0 Å². The third-order valence-electron chi connectivity index (χ3n) is 4.49. The second-order valence-corrected chi connectivity index (χ2v) is 5.95. The van der Waals surface area contributed by atoms with E-state index in [1.54, 1.807) is 6.08 Å². The van der Waals surface area contributed by atoms with E-state index in [0.717, 1.165) is 5.56 Å². The Balaban J connectivity index is 2.31. The lowest BCUT2D eigenvalue weighted by molar-refractivity contribution is 0.0679. The summed E-state index contributed by atoms with van der Waals surface area (Å²) >= 11 is 0. The molecule has 4 N–H and O–H groups in total. The largest absolute Gasteiger partial charge is 0.478 e. The molecule has 0 fully saturated rings. The summed E-state index contributed by atoms with van der Waals surface area (Å²) in [4.78, 5) is 23.2. The van der Waals surface area contributed by atoms with E-state index in [1.807, 2.05) is 42.5 Å². The topological polar surface area (TPSA) is 101 Å². The number of carboxylic acids is 2. The van der Waals surface area contributed by atoms with Gasteiger partial charge in [0.05, 0.1) is 11.1 Å². The fourth-order valence-electron chi connectivity index (χ4n) is 3.19. The zero-order chi connectivity index (χ0) is 18.0. The molecule has 3 rings (SSSR count). The van der Waals surface area contributed by atoms with E-state index in [0.29, 0.717) is 17.7 Å². The lowest BCUT2D eigenvalue weighted by Gasteiger charge is -2.34. The molecule has 0 bridgehead atoms. The van der Waals surface area contributed by atoms with Crippen molar-refractivity contribution < 1.29 is 19.8 Å². The minimum absolute atomic E-state index is 0.0474. The van der Waals surface area contributed by atoms with Crippen molar-refractivity contribution in [1.82, 2.24) is 0 Å². The molecule has 1 atom stereocenters. The van der Waals surface area contributed by atoms with Crippen LogP contribution in [-0.4, -0.2) is 22.2 Å². The maximum Gasteiger partial charge on any atom is 0.336 e. The summed E-state index contributed by atoms with van der Waals surface area (Å²) in [6.45, 7) is 0. The molecule has 1 aliphatic rings. The summed E-state index contributed by atoms with van der Waals surface area (Å²) in [5.74, 6) is -2.20. The SMILES string of the molecule is NC1=CCC(c2ccccc2)(c2cc(C(=O)O)ccc2C(=O)O)C=C1. The number of nitrogens with two attached hydrogens (primary N) is 1. The van der Waals surface area contributed by atoms with Crippen LogP contribution >= 0.6 is 0 Å². The van der Waals surface area contributed by atoms with E-state index in [9.17, 15) is 19.8 Å². The average molecular weight is 335 g/mol. The Bertz CT molecular complexity index is 899. The van der Waals surface area contributed by atoms with Crippen LogP contribution in [0.4, 0.5) is 0 Å². The van der Waals surface area contributed by atoms with Gasteiger partial charge in [-0.25, -0.2) is 9.59 Å². The molecule has 0 saturated heterocycles. The second-order valence-electron chi connectivity index (χ2n) is 5.95. The highest BCUT2D eigenvalue weighted by Crippen LogP contribution is 2.42. The van der Waals surface area contributed by atoms with E-state index in [-0.39, 0.29) is 11.1 Å². The number of hydrogen-bond acceptors (Lipinski definition) is 3. The van der Waals surface area contributed by atoms with Crippen LogP contribution in [0.1, 0.15) is 38.3 Å². The van der Waals surface area contributed by atoms with Crippen molar-refractivity contribution in [3.05, 3.63) is 94.7 Å². The number of allylic oxidation sites excluding steroid dienone is 3. The quantitative estimate of drug-likeness (QED) is 0.797. The molecule has 126 valence electrons. The first-order valence-corrected chi connectivity index (χ1v) is 7.75. The fraction of sp³-hybridized carbons (Fsp3) is 0.100. The van der Waals surface area contributed by atoms with Crippen molar-refractivity contribution in [3.63, 3.8) is 0 Å². The van der Waals surface area contributed by atoms with Gasteiger partial charge < -0.3 is 15.9 Å². The van der Waals surface area contributed by atoms with E-state index >= 15 is 0 Å². The third kappa shape index (κ3) is 2.92. The number of aromatic carboxylic acids is 2. The van der Waals surface area contributed by atoms with E-state index in [4.69, 9.17) is 5.73 Å². The molecule has 0 amide bonds. The first-order valence-electron chi connectivity index (χ1n) is 7.75. The van der Waals surface area contributed by atoms with Crippen molar-refractivity contribution in [3.8, 4) is 0 Å². The summed E-state index contributed by atoms with van der Waals surface area (Å²) in [6, 6.07) is 13.5. The highest BCUT2D eigenvalue weighted by Gasteiger charge is 2.36. The number of carbonyl (C=O) groups is 2. The Morgan fingerprint density at radius 1 is 1.00 bits per heavy atom. The second kappa shape index (κ2) is 6.28. The Labute approximate surface area is 144 Å². The molecule has 0 spiro atoms. The molecule has 0 aliphatic heterocycles. The summed E-state index contributed by atoms with van der Waals surface area (Å²) in [6.07, 6.45) is 5.86. The minimum Gasteiger partial charge on any atom is -0.478 e. The van der Waals surface area contributed by atoms with Gasteiger partial charge in [0, 0.05) is 11.1 Å². The standard InChI is InChI=1S/C20H17NO4/c21-15-8-10-20(11-9-15,14-4-2-1-3-5-14)17-12-13(18(22)23)6-7-16(17)19(24)25/h1-10,12H,11,21H2,(H,22,23)(H,24,25). The molecule has 2 aromatic rings. The molecule has 0 aromatic heterocycles. The molecular formula is C20H17NO4. The first-order chi connectivity index (χ1) is 11.9. The number of benzene rings is 2. The lowest BCUT2D eigenvalue weighted by atomic mass is 9.68. The Morgan fingerprint density at radius 3 is 2.28 bits per heavy atom. The maximum atomic E-state index is 11.8. The number of rotatable bonds is 4. The Kier molecular flexibility index (Phi) is 4.15. The first kappa shape index (κ1) is 16.5. The monoisotopic (exact) mass is 335 g/mol. The van der Waals surface area contributed by atoms with Crippen LogP contribution in [0, 0.1) is 0 Å². The van der Waals surface area contributed by atoms with Gasteiger partial charge in [-0.1, -0.05) is 42.5 Å². The van der Waals surface area contributed by atoms with E-state index < -0.39 is 17.4 Å². The minimum atomic E-state index is -1.10. The van der Waals surface area contributed by atoms with Crippen molar-refractivity contribution in [2.24, 2.45) is 5.73 Å². The Hall–Kier alpha value is -3.34. The molecule has 25 heavy (non-hydrogen) atoms. The number of hydrogen-bond donors (Lipinski definition) is 3. The normalized spacial score (nSPS) is 19.3. The molecular weight excluding hydrogens is 318 g/mol. The Morgan fingerprint density at radius 2 is 1.72 bits per heavy atom. The van der Waals surface area contributed by atoms with Crippen LogP contribution in [0.3, 0.4) is 0 Å². The van der Waals surface area contributed by atoms with Crippen LogP contribution in [0.15, 0.2) is 72.5 Å². The van der Waals surface area contributed by atoms with Gasteiger partial charge in [0.25, 0.3) is 0 Å². The van der Waals surface area contributed by atoms with Crippen LogP contribution in [-0.2, 0) is 5.41 Å². The van der Waals surface area contributed by atoms with Gasteiger partial charge in [-0.2, -0.15) is 0 Å². The molecule has 0 saturated carbocycles. The van der Waals surface area contributed by atoms with Gasteiger partial charge in [-0.3, -0.25) is 0 Å². The average Bonchev–Trinajstić information content (AvgIpc) is 2.63. The highest BCUT2D eigenvalue weighted by molar-refractivity contribution is 5.94. The van der Waals surface area contributed by atoms with Crippen LogP contribution in [0.5, 0.6) is 0 Å². The predicted octanol–water partition coefficient (Wildman–Crippen LogP) is 3.17. The molecule has 2 aromatic carbocycles. The van der Waals surface area contributed by atoms with Gasteiger partial charge in [0.2, 0.25) is 0 Å². The molecule has 5 heteroatoms. The summed E-state index contributed by atoms with van der Waals surface area (Å²) < 4.78 is 0.